The SMILES string of the molecule is COc1cc(Oc2cccc(N)c2)nc(C)n1. The van der Waals surface area contributed by atoms with Gasteiger partial charge in [-0.15, -0.1) is 0 Å². The maximum atomic E-state index is 5.66. The molecule has 88 valence electrons. The van der Waals surface area contributed by atoms with Crippen LogP contribution < -0.4 is 15.2 Å². The first-order chi connectivity index (χ1) is 8.17. The van der Waals surface area contributed by atoms with Gasteiger partial charge >= 0.3 is 0 Å². The summed E-state index contributed by atoms with van der Waals surface area (Å²) < 4.78 is 10.6. The Kier molecular flexibility index (Phi) is 3.09. The monoisotopic (exact) mass is 231 g/mol. The summed E-state index contributed by atoms with van der Waals surface area (Å²) in [5, 5.41) is 0. The average Bonchev–Trinajstić information content (AvgIpc) is 2.28. The summed E-state index contributed by atoms with van der Waals surface area (Å²) in [5.41, 5.74) is 6.30. The number of benzene rings is 1. The van der Waals surface area contributed by atoms with Crippen LogP contribution in [0.4, 0.5) is 5.69 Å². The number of hydrogen-bond donors (Lipinski definition) is 1. The van der Waals surface area contributed by atoms with Crippen molar-refractivity contribution in [3.63, 3.8) is 0 Å². The summed E-state index contributed by atoms with van der Waals surface area (Å²) in [5.74, 6) is 2.12. The second kappa shape index (κ2) is 4.69. The fraction of sp³-hybridized carbons (Fsp3) is 0.167. The molecule has 1 heterocycles. The molecule has 0 aliphatic carbocycles. The molecule has 5 nitrogen and oxygen atoms in total. The zero-order valence-electron chi connectivity index (χ0n) is 9.68. The molecular weight excluding hydrogens is 218 g/mol. The Balaban J connectivity index is 2.26. The van der Waals surface area contributed by atoms with E-state index in [0.717, 1.165) is 0 Å². The van der Waals surface area contributed by atoms with Crippen LogP contribution >= 0.6 is 0 Å². The minimum atomic E-state index is 0.431. The average molecular weight is 231 g/mol. The molecule has 0 spiro atoms. The van der Waals surface area contributed by atoms with Gasteiger partial charge in [-0.25, -0.2) is 0 Å². The second-order valence-electron chi connectivity index (χ2n) is 3.47. The molecule has 0 fully saturated rings. The van der Waals surface area contributed by atoms with Gasteiger partial charge < -0.3 is 15.2 Å². The van der Waals surface area contributed by atoms with Crippen molar-refractivity contribution in [2.75, 3.05) is 12.8 Å². The zero-order valence-corrected chi connectivity index (χ0v) is 9.68. The number of nitrogen functional groups attached to an aromatic ring is 1. The second-order valence-corrected chi connectivity index (χ2v) is 3.47. The number of hydrogen-bond acceptors (Lipinski definition) is 5. The zero-order chi connectivity index (χ0) is 12.3. The molecule has 1 aromatic heterocycles. The van der Waals surface area contributed by atoms with E-state index in [1.54, 1.807) is 38.3 Å². The Morgan fingerprint density at radius 2 is 1.88 bits per heavy atom. The van der Waals surface area contributed by atoms with Crippen LogP contribution in [-0.2, 0) is 0 Å². The van der Waals surface area contributed by atoms with Crippen LogP contribution in [0, 0.1) is 6.92 Å². The van der Waals surface area contributed by atoms with Crippen LogP contribution in [-0.4, -0.2) is 17.1 Å². The molecule has 2 N–H and O–H groups in total. The smallest absolute Gasteiger partial charge is 0.226 e. The van der Waals surface area contributed by atoms with E-state index >= 15 is 0 Å². The normalized spacial score (nSPS) is 10.0. The van der Waals surface area contributed by atoms with Crippen molar-refractivity contribution in [2.45, 2.75) is 6.92 Å². The molecule has 0 aliphatic rings. The molecule has 2 aromatic rings. The first-order valence-electron chi connectivity index (χ1n) is 5.10. The summed E-state index contributed by atoms with van der Waals surface area (Å²) >= 11 is 0. The molecule has 0 atom stereocenters. The quantitative estimate of drug-likeness (QED) is 0.820. The molecule has 0 saturated carbocycles. The molecule has 1 aromatic carbocycles. The highest BCUT2D eigenvalue weighted by Crippen LogP contribution is 2.23. The van der Waals surface area contributed by atoms with Gasteiger partial charge in [0.15, 0.2) is 0 Å². The van der Waals surface area contributed by atoms with Crippen molar-refractivity contribution in [1.82, 2.24) is 9.97 Å². The topological polar surface area (TPSA) is 70.3 Å². The fourth-order valence-electron chi connectivity index (χ4n) is 1.37. The first-order valence-corrected chi connectivity index (χ1v) is 5.10. The van der Waals surface area contributed by atoms with Crippen molar-refractivity contribution in [2.24, 2.45) is 0 Å². The standard InChI is InChI=1S/C12H13N3O2/c1-8-14-11(16-2)7-12(15-8)17-10-5-3-4-9(13)6-10/h3-7H,13H2,1-2H3. The minimum absolute atomic E-state index is 0.431. The maximum absolute atomic E-state index is 5.66. The summed E-state index contributed by atoms with van der Waals surface area (Å²) in [4.78, 5) is 8.23. The Morgan fingerprint density at radius 3 is 2.59 bits per heavy atom. The van der Waals surface area contributed by atoms with Gasteiger partial charge in [-0.05, 0) is 19.1 Å². The molecule has 5 heteroatoms. The van der Waals surface area contributed by atoms with E-state index in [0.29, 0.717) is 29.0 Å². The number of ether oxygens (including phenoxy) is 2. The first kappa shape index (κ1) is 11.2. The van der Waals surface area contributed by atoms with Crippen LogP contribution in [0.5, 0.6) is 17.5 Å². The lowest BCUT2D eigenvalue weighted by molar-refractivity contribution is 0.386. The molecule has 0 bridgehead atoms. The number of aromatic nitrogens is 2. The summed E-state index contributed by atoms with van der Waals surface area (Å²) in [6.07, 6.45) is 0. The van der Waals surface area contributed by atoms with E-state index in [1.165, 1.54) is 0 Å². The Labute approximate surface area is 99.2 Å². The van der Waals surface area contributed by atoms with Gasteiger partial charge in [-0.1, -0.05) is 6.07 Å². The molecular formula is C12H13N3O2. The Hall–Kier alpha value is -2.30. The number of anilines is 1. The Bertz CT molecular complexity index is 529. The number of aryl methyl sites for hydroxylation is 1. The molecule has 17 heavy (non-hydrogen) atoms. The maximum Gasteiger partial charge on any atom is 0.226 e. The molecule has 2 rings (SSSR count). The number of nitrogens with zero attached hydrogens (tertiary/aromatic N) is 2. The van der Waals surface area contributed by atoms with Gasteiger partial charge in [0, 0.05) is 11.8 Å². The molecule has 0 unspecified atom stereocenters. The molecule has 0 aliphatic heterocycles. The van der Waals surface area contributed by atoms with Gasteiger partial charge in [0.2, 0.25) is 11.8 Å². The summed E-state index contributed by atoms with van der Waals surface area (Å²) in [6, 6.07) is 8.76. The summed E-state index contributed by atoms with van der Waals surface area (Å²) in [7, 11) is 1.55. The highest BCUT2D eigenvalue weighted by molar-refractivity contribution is 5.44. The van der Waals surface area contributed by atoms with E-state index in [4.69, 9.17) is 15.2 Å². The van der Waals surface area contributed by atoms with Crippen LogP contribution in [0.25, 0.3) is 0 Å². The highest BCUT2D eigenvalue weighted by atomic mass is 16.5. The lowest BCUT2D eigenvalue weighted by Gasteiger charge is -2.07. The number of rotatable bonds is 3. The third-order valence-corrected chi connectivity index (χ3v) is 2.08. The van der Waals surface area contributed by atoms with Crippen molar-refractivity contribution in [3.8, 4) is 17.5 Å². The largest absolute Gasteiger partial charge is 0.481 e. The fourth-order valence-corrected chi connectivity index (χ4v) is 1.37. The predicted octanol–water partition coefficient (Wildman–Crippen LogP) is 2.17. The van der Waals surface area contributed by atoms with E-state index in [9.17, 15) is 0 Å². The van der Waals surface area contributed by atoms with Gasteiger partial charge in [0.05, 0.1) is 13.2 Å². The lowest BCUT2D eigenvalue weighted by Crippen LogP contribution is -1.96. The minimum Gasteiger partial charge on any atom is -0.481 e. The third-order valence-electron chi connectivity index (χ3n) is 2.08. The van der Waals surface area contributed by atoms with E-state index in [2.05, 4.69) is 9.97 Å². The van der Waals surface area contributed by atoms with Crippen molar-refractivity contribution in [3.05, 3.63) is 36.2 Å². The number of nitrogens with two attached hydrogens (primary N) is 1. The lowest BCUT2D eigenvalue weighted by atomic mass is 10.3. The van der Waals surface area contributed by atoms with Crippen molar-refractivity contribution >= 4 is 5.69 Å². The van der Waals surface area contributed by atoms with Gasteiger partial charge in [0.1, 0.15) is 11.6 Å². The van der Waals surface area contributed by atoms with Crippen molar-refractivity contribution in [1.29, 1.82) is 0 Å². The summed E-state index contributed by atoms with van der Waals surface area (Å²) in [6.45, 7) is 1.77. The van der Waals surface area contributed by atoms with Gasteiger partial charge in [-0.2, -0.15) is 9.97 Å². The third kappa shape index (κ3) is 2.84. The highest BCUT2D eigenvalue weighted by Gasteiger charge is 2.04. The van der Waals surface area contributed by atoms with Gasteiger partial charge in [0.25, 0.3) is 0 Å². The Morgan fingerprint density at radius 1 is 1.12 bits per heavy atom. The van der Waals surface area contributed by atoms with E-state index < -0.39 is 0 Å². The van der Waals surface area contributed by atoms with Gasteiger partial charge in [-0.3, -0.25) is 0 Å². The van der Waals surface area contributed by atoms with Crippen LogP contribution in [0.15, 0.2) is 30.3 Å². The van der Waals surface area contributed by atoms with E-state index in [-0.39, 0.29) is 0 Å². The van der Waals surface area contributed by atoms with Crippen LogP contribution in [0.2, 0.25) is 0 Å². The number of methoxy groups -OCH3 is 1. The molecule has 0 amide bonds. The molecule has 0 saturated heterocycles. The van der Waals surface area contributed by atoms with Crippen LogP contribution in [0.3, 0.4) is 0 Å². The molecule has 0 radical (unpaired) electrons. The predicted molar refractivity (Wildman–Crippen MR) is 64.2 cm³/mol. The van der Waals surface area contributed by atoms with Crippen LogP contribution in [0.1, 0.15) is 5.82 Å². The van der Waals surface area contributed by atoms with E-state index in [1.807, 2.05) is 6.07 Å². The van der Waals surface area contributed by atoms with Crippen molar-refractivity contribution < 1.29 is 9.47 Å².